The Kier molecular flexibility index (Phi) is 5.64. The minimum atomic E-state index is -0.0384. The molecular formula is C24H21N3O2S. The molecule has 3 aromatic rings. The number of hydrogen-bond donors (Lipinski definition) is 0. The predicted molar refractivity (Wildman–Crippen MR) is 124 cm³/mol. The number of methoxy groups -OCH3 is 1. The number of benzene rings is 2. The summed E-state index contributed by atoms with van der Waals surface area (Å²) >= 11 is 1.39. The average molecular weight is 416 g/mol. The highest BCUT2D eigenvalue weighted by molar-refractivity contribution is 8.18. The van der Waals surface area contributed by atoms with Gasteiger partial charge >= 0.3 is 0 Å². The van der Waals surface area contributed by atoms with Crippen molar-refractivity contribution in [2.24, 2.45) is 4.99 Å². The number of thioether (sulfide) groups is 1. The molecule has 0 unspecified atom stereocenters. The number of amidine groups is 1. The number of nitrogens with zero attached hydrogens (tertiary/aromatic N) is 3. The molecule has 6 heteroatoms. The summed E-state index contributed by atoms with van der Waals surface area (Å²) in [6.45, 7) is 2.98. The maximum atomic E-state index is 13.0. The van der Waals surface area contributed by atoms with Crippen molar-refractivity contribution < 1.29 is 9.53 Å². The van der Waals surface area contributed by atoms with Gasteiger partial charge in [0.25, 0.3) is 5.91 Å². The number of rotatable bonds is 5. The molecule has 150 valence electrons. The lowest BCUT2D eigenvalue weighted by Crippen LogP contribution is -2.28. The van der Waals surface area contributed by atoms with Gasteiger partial charge in [-0.1, -0.05) is 24.1 Å². The van der Waals surface area contributed by atoms with Gasteiger partial charge < -0.3 is 9.30 Å². The average Bonchev–Trinajstić information content (AvgIpc) is 3.26. The third-order valence-corrected chi connectivity index (χ3v) is 5.88. The van der Waals surface area contributed by atoms with E-state index in [2.05, 4.69) is 10.9 Å². The molecule has 0 radical (unpaired) electrons. The van der Waals surface area contributed by atoms with Crippen molar-refractivity contribution in [2.75, 3.05) is 13.7 Å². The van der Waals surface area contributed by atoms with Crippen molar-refractivity contribution >= 4 is 45.5 Å². The highest BCUT2D eigenvalue weighted by Gasteiger charge is 2.32. The molecule has 0 atom stereocenters. The normalized spacial score (nSPS) is 16.6. The third-order valence-electron chi connectivity index (χ3n) is 4.87. The number of carbonyl (C=O) groups excluding carboxylic acids is 1. The number of ether oxygens (including phenoxy) is 1. The lowest BCUT2D eigenvalue weighted by atomic mass is 10.1. The molecule has 0 spiro atoms. The Morgan fingerprint density at radius 1 is 1.20 bits per heavy atom. The smallest absolute Gasteiger partial charge is 0.266 e. The third kappa shape index (κ3) is 3.72. The Balaban J connectivity index is 1.71. The second-order valence-electron chi connectivity index (χ2n) is 6.69. The highest BCUT2D eigenvalue weighted by Crippen LogP contribution is 2.35. The second-order valence-corrected chi connectivity index (χ2v) is 7.70. The molecule has 0 N–H and O–H groups in total. The highest BCUT2D eigenvalue weighted by atomic mass is 32.2. The van der Waals surface area contributed by atoms with E-state index in [0.717, 1.165) is 27.9 Å². The summed E-state index contributed by atoms with van der Waals surface area (Å²) in [6.07, 6.45) is 9.45. The molecule has 0 saturated carbocycles. The molecule has 1 saturated heterocycles. The van der Waals surface area contributed by atoms with Crippen LogP contribution in [0.1, 0.15) is 12.5 Å². The number of aliphatic imine (C=N–C) groups is 1. The minimum absolute atomic E-state index is 0.0384. The van der Waals surface area contributed by atoms with Gasteiger partial charge in [-0.3, -0.25) is 9.69 Å². The molecule has 1 fully saturated rings. The molecule has 0 bridgehead atoms. The molecule has 4 rings (SSSR count). The Morgan fingerprint density at radius 3 is 2.67 bits per heavy atom. The molecule has 1 aliphatic rings. The van der Waals surface area contributed by atoms with E-state index in [1.165, 1.54) is 11.8 Å². The topological polar surface area (TPSA) is 46.8 Å². The summed E-state index contributed by atoms with van der Waals surface area (Å²) in [6, 6.07) is 15.5. The van der Waals surface area contributed by atoms with Crippen LogP contribution >= 0.6 is 11.8 Å². The van der Waals surface area contributed by atoms with Crippen molar-refractivity contribution in [3.05, 3.63) is 65.2 Å². The van der Waals surface area contributed by atoms with E-state index >= 15 is 0 Å². The molecule has 1 aliphatic heterocycles. The Morgan fingerprint density at radius 2 is 1.97 bits per heavy atom. The number of carbonyl (C=O) groups is 1. The molecular weight excluding hydrogens is 394 g/mol. The number of para-hydroxylation sites is 1. The van der Waals surface area contributed by atoms with E-state index in [4.69, 9.17) is 11.2 Å². The van der Waals surface area contributed by atoms with E-state index in [1.807, 2.05) is 72.3 Å². The predicted octanol–water partition coefficient (Wildman–Crippen LogP) is 4.91. The van der Waals surface area contributed by atoms with Gasteiger partial charge in [0.05, 0.1) is 24.2 Å². The number of aromatic nitrogens is 1. The van der Waals surface area contributed by atoms with Crippen LogP contribution in [0.3, 0.4) is 0 Å². The molecule has 1 aromatic heterocycles. The first-order valence-electron chi connectivity index (χ1n) is 9.60. The minimum Gasteiger partial charge on any atom is -0.497 e. The van der Waals surface area contributed by atoms with Crippen LogP contribution in [0.2, 0.25) is 0 Å². The summed E-state index contributed by atoms with van der Waals surface area (Å²) in [5.41, 5.74) is 2.80. The van der Waals surface area contributed by atoms with Crippen LogP contribution in [-0.2, 0) is 11.3 Å². The quantitative estimate of drug-likeness (QED) is 0.440. The van der Waals surface area contributed by atoms with Gasteiger partial charge in [0.2, 0.25) is 0 Å². The number of hydrogen-bond acceptors (Lipinski definition) is 4. The van der Waals surface area contributed by atoms with E-state index in [1.54, 1.807) is 12.0 Å². The first-order chi connectivity index (χ1) is 14.6. The fourth-order valence-electron chi connectivity index (χ4n) is 3.40. The van der Waals surface area contributed by atoms with Crippen LogP contribution in [0, 0.1) is 12.3 Å². The van der Waals surface area contributed by atoms with Crippen LogP contribution in [0.4, 0.5) is 5.69 Å². The zero-order valence-electron chi connectivity index (χ0n) is 16.8. The Labute approximate surface area is 180 Å². The van der Waals surface area contributed by atoms with E-state index in [9.17, 15) is 4.79 Å². The van der Waals surface area contributed by atoms with Crippen LogP contribution in [-0.4, -0.2) is 34.2 Å². The van der Waals surface area contributed by atoms with Gasteiger partial charge in [-0.25, -0.2) is 4.99 Å². The van der Waals surface area contributed by atoms with Gasteiger partial charge in [-0.2, -0.15) is 0 Å². The van der Waals surface area contributed by atoms with E-state index < -0.39 is 0 Å². The van der Waals surface area contributed by atoms with Crippen molar-refractivity contribution in [1.82, 2.24) is 9.47 Å². The Bertz CT molecular complexity index is 1200. The van der Waals surface area contributed by atoms with Crippen LogP contribution < -0.4 is 4.74 Å². The molecule has 30 heavy (non-hydrogen) atoms. The molecule has 5 nitrogen and oxygen atoms in total. The number of terminal acetylenes is 1. The van der Waals surface area contributed by atoms with Crippen molar-refractivity contribution in [1.29, 1.82) is 0 Å². The summed E-state index contributed by atoms with van der Waals surface area (Å²) < 4.78 is 7.22. The first kappa shape index (κ1) is 19.9. The molecule has 0 aliphatic carbocycles. The lowest BCUT2D eigenvalue weighted by Gasteiger charge is -2.12. The zero-order chi connectivity index (χ0) is 21.1. The fraction of sp³-hybridized carbons (Fsp3) is 0.167. The number of amides is 1. The number of likely N-dealkylation sites (N-methyl/N-ethyl adjacent to an activating group) is 1. The zero-order valence-corrected chi connectivity index (χ0v) is 17.6. The SMILES string of the molecule is C#CCn1cc(/C=C2/SC(=Nc3ccc(OC)cc3)N(CC)C2=O)c2ccccc21. The summed E-state index contributed by atoms with van der Waals surface area (Å²) in [5.74, 6) is 3.41. The van der Waals surface area contributed by atoms with Crippen molar-refractivity contribution in [3.63, 3.8) is 0 Å². The van der Waals surface area contributed by atoms with Crippen LogP contribution in [0.5, 0.6) is 5.75 Å². The van der Waals surface area contributed by atoms with Crippen LogP contribution in [0.15, 0.2) is 64.6 Å². The van der Waals surface area contributed by atoms with Gasteiger partial charge in [0, 0.05) is 29.2 Å². The van der Waals surface area contributed by atoms with Crippen molar-refractivity contribution in [3.8, 4) is 18.1 Å². The summed E-state index contributed by atoms with van der Waals surface area (Å²) in [4.78, 5) is 20.0. The van der Waals surface area contributed by atoms with Gasteiger partial charge in [-0.05, 0) is 55.1 Å². The number of fused-ring (bicyclic) bond motifs is 1. The van der Waals surface area contributed by atoms with Gasteiger partial charge in [0.15, 0.2) is 5.17 Å². The summed E-state index contributed by atoms with van der Waals surface area (Å²) in [5, 5.41) is 1.74. The fourth-order valence-corrected chi connectivity index (χ4v) is 4.45. The first-order valence-corrected chi connectivity index (χ1v) is 10.4. The standard InChI is InChI=1S/C24H21N3O2S/c1-4-14-26-16-17(20-8-6-7-9-21(20)26)15-22-23(28)27(5-2)24(30-22)25-18-10-12-19(29-3)13-11-18/h1,6-13,15-16H,5,14H2,2-3H3/b22-15+,25-24?. The van der Waals surface area contributed by atoms with E-state index in [-0.39, 0.29) is 5.91 Å². The summed E-state index contributed by atoms with van der Waals surface area (Å²) in [7, 11) is 1.63. The van der Waals surface area contributed by atoms with Crippen LogP contribution in [0.25, 0.3) is 17.0 Å². The lowest BCUT2D eigenvalue weighted by molar-refractivity contribution is -0.122. The van der Waals surface area contributed by atoms with E-state index in [0.29, 0.717) is 23.2 Å². The largest absolute Gasteiger partial charge is 0.497 e. The maximum absolute atomic E-state index is 13.0. The molecule has 1 amide bonds. The van der Waals surface area contributed by atoms with Crippen molar-refractivity contribution in [2.45, 2.75) is 13.5 Å². The second kappa shape index (κ2) is 8.52. The monoisotopic (exact) mass is 415 g/mol. The molecule has 2 aromatic carbocycles. The molecule has 2 heterocycles. The Hall–Kier alpha value is -3.43. The van der Waals surface area contributed by atoms with Gasteiger partial charge in [0.1, 0.15) is 5.75 Å². The van der Waals surface area contributed by atoms with Gasteiger partial charge in [-0.15, -0.1) is 6.42 Å². The maximum Gasteiger partial charge on any atom is 0.266 e.